The molecule has 110 valence electrons. The van der Waals surface area contributed by atoms with Crippen molar-refractivity contribution < 1.29 is 14.3 Å². The number of nitrogens with one attached hydrogen (secondary N) is 2. The van der Waals surface area contributed by atoms with Crippen molar-refractivity contribution in [2.24, 2.45) is 5.92 Å². The number of hydrogen-bond donors (Lipinski definition) is 2. The highest BCUT2D eigenvalue weighted by Crippen LogP contribution is 2.13. The van der Waals surface area contributed by atoms with E-state index in [0.29, 0.717) is 12.5 Å². The summed E-state index contributed by atoms with van der Waals surface area (Å²) in [5.74, 6) is 0.723. The van der Waals surface area contributed by atoms with Crippen molar-refractivity contribution >= 4 is 5.91 Å². The van der Waals surface area contributed by atoms with Crippen LogP contribution in [-0.4, -0.2) is 51.5 Å². The van der Waals surface area contributed by atoms with Gasteiger partial charge in [0, 0.05) is 25.9 Å². The summed E-state index contributed by atoms with van der Waals surface area (Å²) < 4.78 is 10.7. The molecule has 0 aromatic carbocycles. The lowest BCUT2D eigenvalue weighted by Crippen LogP contribution is -2.40. The molecule has 0 aromatic rings. The van der Waals surface area contributed by atoms with E-state index in [2.05, 4.69) is 10.6 Å². The first-order valence-corrected chi connectivity index (χ1v) is 7.50. The molecule has 2 rings (SSSR count). The Kier molecular flexibility index (Phi) is 6.61. The molecule has 2 N–H and O–H groups in total. The van der Waals surface area contributed by atoms with Crippen molar-refractivity contribution in [3.8, 4) is 0 Å². The molecule has 0 aromatic heterocycles. The second-order valence-corrected chi connectivity index (χ2v) is 5.51. The van der Waals surface area contributed by atoms with Crippen LogP contribution in [0.1, 0.15) is 32.1 Å². The molecule has 2 aliphatic heterocycles. The lowest BCUT2D eigenvalue weighted by Gasteiger charge is -2.23. The van der Waals surface area contributed by atoms with Crippen LogP contribution in [0, 0.1) is 5.92 Å². The van der Waals surface area contributed by atoms with Crippen molar-refractivity contribution in [2.45, 2.75) is 38.1 Å². The summed E-state index contributed by atoms with van der Waals surface area (Å²) in [5.41, 5.74) is 0. The number of rotatable bonds is 6. The third-order valence-electron chi connectivity index (χ3n) is 3.89. The van der Waals surface area contributed by atoms with Crippen LogP contribution in [0.4, 0.5) is 0 Å². The van der Waals surface area contributed by atoms with E-state index in [1.165, 1.54) is 12.8 Å². The predicted molar refractivity (Wildman–Crippen MR) is 73.0 cm³/mol. The van der Waals surface area contributed by atoms with Crippen LogP contribution in [-0.2, 0) is 14.3 Å². The highest BCUT2D eigenvalue weighted by molar-refractivity contribution is 5.77. The van der Waals surface area contributed by atoms with Gasteiger partial charge in [-0.25, -0.2) is 0 Å². The van der Waals surface area contributed by atoms with Crippen LogP contribution in [0.15, 0.2) is 0 Å². The van der Waals surface area contributed by atoms with Crippen LogP contribution >= 0.6 is 0 Å². The summed E-state index contributed by atoms with van der Waals surface area (Å²) in [4.78, 5) is 11.7. The zero-order valence-corrected chi connectivity index (χ0v) is 11.7. The van der Waals surface area contributed by atoms with Crippen LogP contribution in [0.2, 0.25) is 0 Å². The Hall–Kier alpha value is -0.650. The lowest BCUT2D eigenvalue weighted by molar-refractivity contribution is -0.127. The zero-order chi connectivity index (χ0) is 13.3. The minimum absolute atomic E-state index is 0.00803. The Morgan fingerprint density at radius 2 is 2.16 bits per heavy atom. The summed E-state index contributed by atoms with van der Waals surface area (Å²) in [5, 5.41) is 6.39. The number of carbonyl (C=O) groups is 1. The lowest BCUT2D eigenvalue weighted by atomic mass is 9.97. The average Bonchev–Trinajstić information content (AvgIpc) is 2.46. The van der Waals surface area contributed by atoms with Gasteiger partial charge in [-0.05, 0) is 51.1 Å². The Labute approximate surface area is 115 Å². The van der Waals surface area contributed by atoms with E-state index in [0.717, 1.165) is 45.6 Å². The topological polar surface area (TPSA) is 59.6 Å². The Bertz CT molecular complexity index is 261. The van der Waals surface area contributed by atoms with Gasteiger partial charge in [-0.3, -0.25) is 4.79 Å². The molecule has 1 amide bonds. The fourth-order valence-electron chi connectivity index (χ4n) is 2.70. The van der Waals surface area contributed by atoms with Gasteiger partial charge >= 0.3 is 0 Å². The van der Waals surface area contributed by atoms with Crippen LogP contribution in [0.3, 0.4) is 0 Å². The molecular weight excluding hydrogens is 244 g/mol. The summed E-state index contributed by atoms with van der Waals surface area (Å²) in [6, 6.07) is 0.271. The minimum Gasteiger partial charge on any atom is -0.381 e. The molecule has 2 saturated heterocycles. The van der Waals surface area contributed by atoms with Crippen molar-refractivity contribution in [3.05, 3.63) is 0 Å². The Balaban J connectivity index is 1.48. The van der Waals surface area contributed by atoms with Crippen molar-refractivity contribution in [1.82, 2.24) is 10.6 Å². The van der Waals surface area contributed by atoms with Gasteiger partial charge in [-0.15, -0.1) is 0 Å². The monoisotopic (exact) mass is 270 g/mol. The average molecular weight is 270 g/mol. The van der Waals surface area contributed by atoms with E-state index >= 15 is 0 Å². The van der Waals surface area contributed by atoms with Crippen molar-refractivity contribution in [3.63, 3.8) is 0 Å². The molecule has 2 aliphatic rings. The molecule has 19 heavy (non-hydrogen) atoms. The smallest absolute Gasteiger partial charge is 0.246 e. The third kappa shape index (κ3) is 5.89. The van der Waals surface area contributed by atoms with Gasteiger partial charge in [0.25, 0.3) is 0 Å². The summed E-state index contributed by atoms with van der Waals surface area (Å²) in [6.07, 6.45) is 5.43. The number of piperidine rings is 1. The SMILES string of the molecule is O=C(COCCC1CCCNC1)NC1CCOCC1. The van der Waals surface area contributed by atoms with Crippen molar-refractivity contribution in [2.75, 3.05) is 39.5 Å². The first-order valence-electron chi connectivity index (χ1n) is 7.50. The molecule has 5 heteroatoms. The second kappa shape index (κ2) is 8.51. The molecule has 0 aliphatic carbocycles. The molecule has 1 unspecified atom stereocenters. The van der Waals surface area contributed by atoms with E-state index in [-0.39, 0.29) is 18.6 Å². The molecule has 0 spiro atoms. The minimum atomic E-state index is 0.00803. The molecule has 0 saturated carbocycles. The normalized spacial score (nSPS) is 25.2. The van der Waals surface area contributed by atoms with Crippen molar-refractivity contribution in [1.29, 1.82) is 0 Å². The van der Waals surface area contributed by atoms with E-state index in [9.17, 15) is 4.79 Å². The highest BCUT2D eigenvalue weighted by atomic mass is 16.5. The molecule has 5 nitrogen and oxygen atoms in total. The first-order chi connectivity index (χ1) is 9.34. The molecule has 2 fully saturated rings. The number of carbonyl (C=O) groups excluding carboxylic acids is 1. The van der Waals surface area contributed by atoms with Gasteiger partial charge in [0.1, 0.15) is 6.61 Å². The molecule has 1 atom stereocenters. The number of ether oxygens (including phenoxy) is 2. The zero-order valence-electron chi connectivity index (χ0n) is 11.7. The summed E-state index contributed by atoms with van der Waals surface area (Å²) >= 11 is 0. The molecule has 2 heterocycles. The maximum absolute atomic E-state index is 11.7. The number of hydrogen-bond acceptors (Lipinski definition) is 4. The van der Waals surface area contributed by atoms with Gasteiger partial charge in [0.15, 0.2) is 0 Å². The standard InChI is InChI=1S/C14H26N2O3/c17-14(16-13-4-8-18-9-5-13)11-19-7-3-12-2-1-6-15-10-12/h12-13,15H,1-11H2,(H,16,17). The molecule has 0 bridgehead atoms. The van der Waals surface area contributed by atoms with E-state index in [1.807, 2.05) is 0 Å². The van der Waals surface area contributed by atoms with E-state index in [1.54, 1.807) is 0 Å². The number of amides is 1. The van der Waals surface area contributed by atoms with E-state index < -0.39 is 0 Å². The first kappa shape index (κ1) is 14.8. The fourth-order valence-corrected chi connectivity index (χ4v) is 2.70. The maximum atomic E-state index is 11.7. The van der Waals surface area contributed by atoms with Gasteiger partial charge in [0.2, 0.25) is 5.91 Å². The van der Waals surface area contributed by atoms with E-state index in [4.69, 9.17) is 9.47 Å². The van der Waals surface area contributed by atoms with Crippen LogP contribution in [0.5, 0.6) is 0 Å². The Morgan fingerprint density at radius 3 is 2.89 bits per heavy atom. The summed E-state index contributed by atoms with van der Waals surface area (Å²) in [7, 11) is 0. The maximum Gasteiger partial charge on any atom is 0.246 e. The largest absolute Gasteiger partial charge is 0.381 e. The predicted octanol–water partition coefficient (Wildman–Crippen LogP) is 0.688. The van der Waals surface area contributed by atoms with Crippen LogP contribution < -0.4 is 10.6 Å². The van der Waals surface area contributed by atoms with Gasteiger partial charge in [0.05, 0.1) is 0 Å². The molecule has 0 radical (unpaired) electrons. The van der Waals surface area contributed by atoms with Gasteiger partial charge in [-0.1, -0.05) is 0 Å². The van der Waals surface area contributed by atoms with Gasteiger partial charge in [-0.2, -0.15) is 0 Å². The van der Waals surface area contributed by atoms with Gasteiger partial charge < -0.3 is 20.1 Å². The Morgan fingerprint density at radius 1 is 1.32 bits per heavy atom. The molecular formula is C14H26N2O3. The fraction of sp³-hybridized carbons (Fsp3) is 0.929. The second-order valence-electron chi connectivity index (χ2n) is 5.51. The van der Waals surface area contributed by atoms with Crippen LogP contribution in [0.25, 0.3) is 0 Å². The quantitative estimate of drug-likeness (QED) is 0.697. The highest BCUT2D eigenvalue weighted by Gasteiger charge is 2.16. The summed E-state index contributed by atoms with van der Waals surface area (Å²) in [6.45, 7) is 4.62. The third-order valence-corrected chi connectivity index (χ3v) is 3.89.